The Morgan fingerprint density at radius 1 is 1.24 bits per heavy atom. The molecule has 0 amide bonds. The van der Waals surface area contributed by atoms with Crippen LogP contribution in [0.5, 0.6) is 0 Å². The van der Waals surface area contributed by atoms with Gasteiger partial charge in [0.05, 0.1) is 6.61 Å². The molecule has 0 saturated carbocycles. The summed E-state index contributed by atoms with van der Waals surface area (Å²) in [6.45, 7) is 5.02. The smallest absolute Gasteiger partial charge is 0.0639 e. The van der Waals surface area contributed by atoms with Crippen LogP contribution in [0.2, 0.25) is 5.02 Å². The summed E-state index contributed by atoms with van der Waals surface area (Å²) in [5.41, 5.74) is 2.26. The van der Waals surface area contributed by atoms with Gasteiger partial charge in [-0.1, -0.05) is 17.7 Å². The van der Waals surface area contributed by atoms with Gasteiger partial charge in [-0.2, -0.15) is 0 Å². The van der Waals surface area contributed by atoms with Gasteiger partial charge in [0.25, 0.3) is 0 Å². The first-order chi connectivity index (χ1) is 8.24. The van der Waals surface area contributed by atoms with E-state index in [1.165, 1.54) is 5.56 Å². The number of hydrogen-bond acceptors (Lipinski definition) is 3. The molecule has 0 heterocycles. The number of nitrogens with one attached hydrogen (secondary N) is 1. The van der Waals surface area contributed by atoms with Crippen molar-refractivity contribution in [2.24, 2.45) is 0 Å². The Labute approximate surface area is 108 Å². The van der Waals surface area contributed by atoms with Gasteiger partial charge in [-0.3, -0.25) is 0 Å². The van der Waals surface area contributed by atoms with E-state index in [2.05, 4.69) is 12.2 Å². The summed E-state index contributed by atoms with van der Waals surface area (Å²) < 4.78 is 10.4. The van der Waals surface area contributed by atoms with Crippen LogP contribution in [0.3, 0.4) is 0 Å². The summed E-state index contributed by atoms with van der Waals surface area (Å²) >= 11 is 5.93. The molecule has 0 atom stereocenters. The van der Waals surface area contributed by atoms with Gasteiger partial charge < -0.3 is 14.8 Å². The normalized spacial score (nSPS) is 10.5. The molecule has 0 aliphatic carbocycles. The molecule has 1 N–H and O–H groups in total. The number of hydrogen-bond donors (Lipinski definition) is 1. The second-order valence-corrected chi connectivity index (χ2v) is 4.28. The summed E-state index contributed by atoms with van der Waals surface area (Å²) in [5, 5.41) is 4.05. The molecule has 96 valence electrons. The van der Waals surface area contributed by atoms with E-state index >= 15 is 0 Å². The first-order valence-corrected chi connectivity index (χ1v) is 6.18. The van der Waals surface area contributed by atoms with Crippen LogP contribution in [0, 0.1) is 6.92 Å². The van der Waals surface area contributed by atoms with Crippen molar-refractivity contribution < 1.29 is 9.47 Å². The number of rotatable bonds is 8. The summed E-state index contributed by atoms with van der Waals surface area (Å²) in [7, 11) is 1.70. The number of anilines is 1. The molecular formula is C13H20ClNO2. The molecule has 0 aliphatic heterocycles. The van der Waals surface area contributed by atoms with E-state index in [0.717, 1.165) is 36.9 Å². The van der Waals surface area contributed by atoms with E-state index in [-0.39, 0.29) is 0 Å². The molecular weight excluding hydrogens is 238 g/mol. The van der Waals surface area contributed by atoms with Crippen LogP contribution in [-0.2, 0) is 9.47 Å². The third kappa shape index (κ3) is 5.91. The highest BCUT2D eigenvalue weighted by Gasteiger charge is 1.98. The molecule has 17 heavy (non-hydrogen) atoms. The lowest BCUT2D eigenvalue weighted by Crippen LogP contribution is -2.11. The minimum Gasteiger partial charge on any atom is -0.385 e. The van der Waals surface area contributed by atoms with Gasteiger partial charge >= 0.3 is 0 Å². The Hall–Kier alpha value is -0.770. The molecule has 1 aromatic rings. The van der Waals surface area contributed by atoms with Crippen LogP contribution in [0.15, 0.2) is 18.2 Å². The largest absolute Gasteiger partial charge is 0.385 e. The van der Waals surface area contributed by atoms with Crippen LogP contribution in [0.25, 0.3) is 0 Å². The highest BCUT2D eigenvalue weighted by Crippen LogP contribution is 2.19. The van der Waals surface area contributed by atoms with E-state index in [9.17, 15) is 0 Å². The van der Waals surface area contributed by atoms with Crippen LogP contribution in [0.1, 0.15) is 12.0 Å². The van der Waals surface area contributed by atoms with E-state index in [1.807, 2.05) is 18.2 Å². The first kappa shape index (κ1) is 14.3. The minimum absolute atomic E-state index is 0.690. The SMILES string of the molecule is COCCCOCCNc1cc(Cl)ccc1C. The molecule has 0 radical (unpaired) electrons. The average Bonchev–Trinajstić information content (AvgIpc) is 2.32. The Morgan fingerprint density at radius 2 is 2.06 bits per heavy atom. The Morgan fingerprint density at radius 3 is 2.82 bits per heavy atom. The van der Waals surface area contributed by atoms with Gasteiger partial charge in [0.2, 0.25) is 0 Å². The third-order valence-corrected chi connectivity index (χ3v) is 2.63. The second kappa shape index (κ2) is 8.34. The first-order valence-electron chi connectivity index (χ1n) is 5.80. The Bertz CT molecular complexity index is 331. The summed E-state index contributed by atoms with van der Waals surface area (Å²) in [4.78, 5) is 0. The van der Waals surface area contributed by atoms with Crippen molar-refractivity contribution in [3.8, 4) is 0 Å². The van der Waals surface area contributed by atoms with Crippen molar-refractivity contribution >= 4 is 17.3 Å². The molecule has 0 aromatic heterocycles. The molecule has 0 saturated heterocycles. The van der Waals surface area contributed by atoms with Crippen molar-refractivity contribution in [2.45, 2.75) is 13.3 Å². The molecule has 0 fully saturated rings. The van der Waals surface area contributed by atoms with Crippen LogP contribution >= 0.6 is 11.6 Å². The average molecular weight is 258 g/mol. The maximum absolute atomic E-state index is 5.93. The highest BCUT2D eigenvalue weighted by atomic mass is 35.5. The van der Waals surface area contributed by atoms with Gasteiger partial charge in [0.15, 0.2) is 0 Å². The van der Waals surface area contributed by atoms with Gasteiger partial charge in [0, 0.05) is 37.6 Å². The Kier molecular flexibility index (Phi) is 7.01. The fourth-order valence-corrected chi connectivity index (χ4v) is 1.62. The molecule has 0 spiro atoms. The van der Waals surface area contributed by atoms with Crippen LogP contribution in [-0.4, -0.2) is 33.5 Å². The van der Waals surface area contributed by atoms with E-state index < -0.39 is 0 Å². The standard InChI is InChI=1S/C13H20ClNO2/c1-11-4-5-12(14)10-13(11)15-6-9-17-8-3-7-16-2/h4-5,10,15H,3,6-9H2,1-2H3. The molecule has 0 unspecified atom stereocenters. The summed E-state index contributed by atoms with van der Waals surface area (Å²) in [5.74, 6) is 0. The zero-order chi connectivity index (χ0) is 12.5. The molecule has 0 aliphatic rings. The van der Waals surface area contributed by atoms with Crippen molar-refractivity contribution in [2.75, 3.05) is 38.8 Å². The molecule has 4 heteroatoms. The predicted molar refractivity (Wildman–Crippen MR) is 72.0 cm³/mol. The lowest BCUT2D eigenvalue weighted by atomic mass is 10.2. The van der Waals surface area contributed by atoms with E-state index in [4.69, 9.17) is 21.1 Å². The summed E-state index contributed by atoms with van der Waals surface area (Å²) in [6, 6.07) is 5.83. The fraction of sp³-hybridized carbons (Fsp3) is 0.538. The van der Waals surface area contributed by atoms with Crippen molar-refractivity contribution in [3.05, 3.63) is 28.8 Å². The Balaban J connectivity index is 2.15. The molecule has 1 aromatic carbocycles. The van der Waals surface area contributed by atoms with Gasteiger partial charge in [-0.25, -0.2) is 0 Å². The minimum atomic E-state index is 0.690. The number of aryl methyl sites for hydroxylation is 1. The number of ether oxygens (including phenoxy) is 2. The van der Waals surface area contributed by atoms with E-state index in [0.29, 0.717) is 6.61 Å². The second-order valence-electron chi connectivity index (χ2n) is 3.84. The maximum Gasteiger partial charge on any atom is 0.0639 e. The van der Waals surface area contributed by atoms with Gasteiger partial charge in [0.1, 0.15) is 0 Å². The van der Waals surface area contributed by atoms with Gasteiger partial charge in [-0.05, 0) is 31.0 Å². The van der Waals surface area contributed by atoms with Crippen LogP contribution < -0.4 is 5.32 Å². The molecule has 3 nitrogen and oxygen atoms in total. The van der Waals surface area contributed by atoms with Crippen molar-refractivity contribution in [3.63, 3.8) is 0 Å². The zero-order valence-electron chi connectivity index (χ0n) is 10.5. The lowest BCUT2D eigenvalue weighted by molar-refractivity contribution is 0.109. The molecule has 0 bridgehead atoms. The fourth-order valence-electron chi connectivity index (χ4n) is 1.45. The quantitative estimate of drug-likeness (QED) is 0.726. The number of methoxy groups -OCH3 is 1. The van der Waals surface area contributed by atoms with Crippen molar-refractivity contribution in [1.82, 2.24) is 0 Å². The van der Waals surface area contributed by atoms with Gasteiger partial charge in [-0.15, -0.1) is 0 Å². The zero-order valence-corrected chi connectivity index (χ0v) is 11.2. The maximum atomic E-state index is 5.93. The topological polar surface area (TPSA) is 30.5 Å². The lowest BCUT2D eigenvalue weighted by Gasteiger charge is -2.10. The summed E-state index contributed by atoms with van der Waals surface area (Å²) in [6.07, 6.45) is 0.937. The van der Waals surface area contributed by atoms with Crippen LogP contribution in [0.4, 0.5) is 5.69 Å². The highest BCUT2D eigenvalue weighted by molar-refractivity contribution is 6.30. The monoisotopic (exact) mass is 257 g/mol. The predicted octanol–water partition coefficient (Wildman–Crippen LogP) is 3.11. The third-order valence-electron chi connectivity index (χ3n) is 2.40. The number of benzene rings is 1. The van der Waals surface area contributed by atoms with E-state index in [1.54, 1.807) is 7.11 Å². The van der Waals surface area contributed by atoms with Crippen molar-refractivity contribution in [1.29, 1.82) is 0 Å². The molecule has 1 rings (SSSR count). The number of halogens is 1.